The van der Waals surface area contributed by atoms with Crippen LogP contribution in [-0.2, 0) is 0 Å². The highest BCUT2D eigenvalue weighted by Gasteiger charge is 1.76. The van der Waals surface area contributed by atoms with E-state index in [-0.39, 0.29) is 0 Å². The maximum Gasteiger partial charge on any atom is -0.0440 e. The number of rotatable bonds is 0. The molecule has 180 valence electrons. The van der Waals surface area contributed by atoms with Crippen LogP contribution in [0.5, 0.6) is 0 Å². The quantitative estimate of drug-likeness (QED) is 0.342. The summed E-state index contributed by atoms with van der Waals surface area (Å²) in [5, 5.41) is 0. The molecule has 0 atom stereocenters. The Morgan fingerprint density at radius 2 is 0.267 bits per heavy atom. The molecule has 0 radical (unpaired) electrons. The van der Waals surface area contributed by atoms with Gasteiger partial charge in [0.25, 0.3) is 0 Å². The van der Waals surface area contributed by atoms with Crippen LogP contribution in [0.25, 0.3) is 0 Å². The second-order valence-corrected chi connectivity index (χ2v) is 9.62. The van der Waals surface area contributed by atoms with Crippen molar-refractivity contribution in [2.24, 2.45) is 0 Å². The van der Waals surface area contributed by atoms with Crippen molar-refractivity contribution in [1.82, 2.24) is 0 Å². The summed E-state index contributed by atoms with van der Waals surface area (Å²) in [7, 11) is 0. The largest absolute Gasteiger partial charge is 0.100 e. The molecule has 30 heavy (non-hydrogen) atoms. The molecule has 0 amide bonds. The van der Waals surface area contributed by atoms with Gasteiger partial charge in [-0.15, -0.1) is 19.7 Å². The van der Waals surface area contributed by atoms with Gasteiger partial charge in [0.1, 0.15) is 0 Å². The third-order valence-corrected chi connectivity index (χ3v) is 3.00. The molecule has 0 unspecified atom stereocenters. The van der Waals surface area contributed by atoms with Crippen LogP contribution in [0, 0.1) is 0 Å². The summed E-state index contributed by atoms with van der Waals surface area (Å²) in [5.41, 5.74) is 12.1. The molecule has 0 aromatic heterocycles. The minimum Gasteiger partial charge on any atom is -0.100 e. The second kappa shape index (κ2) is 29.6. The van der Waals surface area contributed by atoms with Gasteiger partial charge in [-0.05, 0) is 125 Å². The Hall–Kier alpha value is -1.56. The van der Waals surface area contributed by atoms with E-state index < -0.39 is 0 Å². The van der Waals surface area contributed by atoms with Crippen molar-refractivity contribution < 1.29 is 0 Å². The molecule has 0 aliphatic heterocycles. The first-order chi connectivity index (χ1) is 13.1. The lowest BCUT2D eigenvalue weighted by atomic mass is 10.2. The standard InChI is InChI=1S/3C6H12.3C4H8/c3*1-5(2)6(3)4;3*1-4(2)3/h3*1-4H3;3*1H2,2-3H3. The minimum atomic E-state index is 1.17. The van der Waals surface area contributed by atoms with Gasteiger partial charge in [0.15, 0.2) is 0 Å². The predicted octanol–water partition coefficient (Wildman–Crippen LogP) is 11.8. The fourth-order valence-electron chi connectivity index (χ4n) is 0. The Labute approximate surface area is 194 Å². The van der Waals surface area contributed by atoms with E-state index in [4.69, 9.17) is 0 Å². The fraction of sp³-hybridized carbons (Fsp3) is 0.600. The first kappa shape index (κ1) is 42.5. The van der Waals surface area contributed by atoms with Crippen LogP contribution in [0.15, 0.2) is 69.9 Å². The minimum absolute atomic E-state index is 1.17. The number of hydrogen-bond acceptors (Lipinski definition) is 0. The zero-order valence-corrected chi connectivity index (χ0v) is 24.6. The molecule has 0 aliphatic rings. The van der Waals surface area contributed by atoms with E-state index in [9.17, 15) is 0 Å². The molecular weight excluding hydrogens is 360 g/mol. The van der Waals surface area contributed by atoms with Gasteiger partial charge in [-0.1, -0.05) is 50.2 Å². The highest BCUT2D eigenvalue weighted by atomic mass is 13.8. The first-order valence-electron chi connectivity index (χ1n) is 10.8. The normalized spacial score (nSPS) is 7.40. The van der Waals surface area contributed by atoms with E-state index >= 15 is 0 Å². The molecule has 0 fully saturated rings. The van der Waals surface area contributed by atoms with Gasteiger partial charge >= 0.3 is 0 Å². The highest BCUT2D eigenvalue weighted by Crippen LogP contribution is 1.98. The lowest BCUT2D eigenvalue weighted by Crippen LogP contribution is -1.66. The van der Waals surface area contributed by atoms with Crippen molar-refractivity contribution >= 4 is 0 Å². The zero-order chi connectivity index (χ0) is 26.2. The molecule has 0 N–H and O–H groups in total. The van der Waals surface area contributed by atoms with Crippen molar-refractivity contribution in [1.29, 1.82) is 0 Å². The van der Waals surface area contributed by atoms with Crippen LogP contribution in [-0.4, -0.2) is 0 Å². The van der Waals surface area contributed by atoms with Gasteiger partial charge in [0, 0.05) is 0 Å². The predicted molar refractivity (Wildman–Crippen MR) is 151 cm³/mol. The maximum absolute atomic E-state index is 3.56. The molecule has 0 aromatic rings. The van der Waals surface area contributed by atoms with Crippen molar-refractivity contribution in [3.63, 3.8) is 0 Å². The molecular formula is C30H60. The number of allylic oxidation sites excluding steroid dienone is 9. The summed E-state index contributed by atoms with van der Waals surface area (Å²) in [5.74, 6) is 0. The van der Waals surface area contributed by atoms with Crippen molar-refractivity contribution in [3.8, 4) is 0 Å². The second-order valence-electron chi connectivity index (χ2n) is 9.62. The molecule has 0 nitrogen and oxygen atoms in total. The van der Waals surface area contributed by atoms with Crippen molar-refractivity contribution in [2.45, 2.75) is 125 Å². The molecule has 0 spiro atoms. The highest BCUT2D eigenvalue weighted by molar-refractivity contribution is 5.03. The lowest BCUT2D eigenvalue weighted by Gasteiger charge is -1.88. The van der Waals surface area contributed by atoms with E-state index in [0.29, 0.717) is 0 Å². The Bertz CT molecular complexity index is 396. The Morgan fingerprint density at radius 1 is 0.233 bits per heavy atom. The summed E-state index contributed by atoms with van der Waals surface area (Å²) < 4.78 is 0. The fourth-order valence-corrected chi connectivity index (χ4v) is 0. The Morgan fingerprint density at radius 3 is 0.267 bits per heavy atom. The van der Waals surface area contributed by atoms with Gasteiger partial charge in [-0.3, -0.25) is 0 Å². The summed E-state index contributed by atoms with van der Waals surface area (Å²) in [6.45, 7) is 47.9. The summed E-state index contributed by atoms with van der Waals surface area (Å²) >= 11 is 0. The Balaban J connectivity index is -0.0000000583. The third kappa shape index (κ3) is 157. The SMILES string of the molecule is C=C(C)C.C=C(C)C.C=C(C)C.CC(C)=C(C)C.CC(C)=C(C)C.CC(C)=C(C)C. The van der Waals surface area contributed by atoms with Gasteiger partial charge in [-0.25, -0.2) is 0 Å². The molecule has 0 heteroatoms. The molecule has 0 bridgehead atoms. The van der Waals surface area contributed by atoms with E-state index in [1.807, 2.05) is 41.5 Å². The molecule has 0 aliphatic carbocycles. The maximum atomic E-state index is 3.56. The van der Waals surface area contributed by atoms with E-state index in [1.54, 1.807) is 0 Å². The summed E-state index contributed by atoms with van der Waals surface area (Å²) in [6.07, 6.45) is 0. The summed E-state index contributed by atoms with van der Waals surface area (Å²) in [6, 6.07) is 0. The molecule has 0 aromatic carbocycles. The van der Waals surface area contributed by atoms with Crippen molar-refractivity contribution in [2.75, 3.05) is 0 Å². The van der Waals surface area contributed by atoms with Crippen molar-refractivity contribution in [3.05, 3.63) is 69.9 Å². The van der Waals surface area contributed by atoms with E-state index in [1.165, 1.54) is 50.2 Å². The van der Waals surface area contributed by atoms with Crippen LogP contribution in [0.2, 0.25) is 0 Å². The van der Waals surface area contributed by atoms with Crippen LogP contribution in [0.1, 0.15) is 125 Å². The average molecular weight is 421 g/mol. The van der Waals surface area contributed by atoms with Crippen LogP contribution in [0.4, 0.5) is 0 Å². The van der Waals surface area contributed by atoms with Crippen LogP contribution in [0.3, 0.4) is 0 Å². The first-order valence-corrected chi connectivity index (χ1v) is 10.8. The topological polar surface area (TPSA) is 0 Å². The smallest absolute Gasteiger partial charge is 0.0440 e. The van der Waals surface area contributed by atoms with E-state index in [2.05, 4.69) is 103 Å². The third-order valence-electron chi connectivity index (χ3n) is 3.00. The molecule has 0 saturated carbocycles. The van der Waals surface area contributed by atoms with E-state index in [0.717, 1.165) is 0 Å². The molecule has 0 rings (SSSR count). The monoisotopic (exact) mass is 420 g/mol. The Kier molecular flexibility index (Phi) is 42.0. The molecule has 0 heterocycles. The van der Waals surface area contributed by atoms with Gasteiger partial charge in [0.2, 0.25) is 0 Å². The van der Waals surface area contributed by atoms with Crippen LogP contribution >= 0.6 is 0 Å². The van der Waals surface area contributed by atoms with Gasteiger partial charge < -0.3 is 0 Å². The average Bonchev–Trinajstić information content (AvgIpc) is 2.46. The molecule has 0 saturated heterocycles. The van der Waals surface area contributed by atoms with Gasteiger partial charge in [-0.2, -0.15) is 0 Å². The van der Waals surface area contributed by atoms with Gasteiger partial charge in [0.05, 0.1) is 0 Å². The summed E-state index contributed by atoms with van der Waals surface area (Å²) in [4.78, 5) is 0. The number of hydrogen-bond donors (Lipinski definition) is 0. The zero-order valence-electron chi connectivity index (χ0n) is 24.6. The lowest BCUT2D eigenvalue weighted by molar-refractivity contribution is 1.23. The van der Waals surface area contributed by atoms with Crippen LogP contribution < -0.4 is 0 Å².